The molecule has 0 saturated heterocycles. The molecule has 0 N–H and O–H groups in total. The average Bonchev–Trinajstić information content (AvgIpc) is 1.80. The molecular formula is C5H2BBrIN. The van der Waals surface area contributed by atoms with Gasteiger partial charge in [-0.3, -0.25) is 4.98 Å². The summed E-state index contributed by atoms with van der Waals surface area (Å²) < 4.78 is 1.93. The molecule has 1 aromatic heterocycles. The lowest BCUT2D eigenvalue weighted by Crippen LogP contribution is -2.08. The van der Waals surface area contributed by atoms with Crippen molar-refractivity contribution in [2.45, 2.75) is 0 Å². The van der Waals surface area contributed by atoms with E-state index in [0.717, 1.165) is 8.04 Å². The molecule has 44 valence electrons. The lowest BCUT2D eigenvalue weighted by molar-refractivity contribution is 1.35. The molecule has 4 heteroatoms. The maximum atomic E-state index is 5.43. The summed E-state index contributed by atoms with van der Waals surface area (Å²) >= 11 is 5.43. The van der Waals surface area contributed by atoms with E-state index in [-0.39, 0.29) is 0 Å². The number of hydrogen-bond acceptors (Lipinski definition) is 1. The first kappa shape index (κ1) is 7.53. The van der Waals surface area contributed by atoms with E-state index in [0.29, 0.717) is 5.59 Å². The standard InChI is InChI=1S/C5H2BBrIN/c6-5-4(7)1-3(8)2-9-5/h1-2H. The molecular weight excluding hydrogens is 292 g/mol. The zero-order valence-corrected chi connectivity index (χ0v) is 8.18. The topological polar surface area (TPSA) is 12.9 Å². The van der Waals surface area contributed by atoms with Gasteiger partial charge in [0.25, 0.3) is 0 Å². The molecule has 1 nitrogen and oxygen atoms in total. The Morgan fingerprint density at radius 3 is 2.78 bits per heavy atom. The van der Waals surface area contributed by atoms with Crippen molar-refractivity contribution < 1.29 is 0 Å². The molecule has 0 atom stereocenters. The molecule has 0 unspecified atom stereocenters. The molecule has 0 aliphatic heterocycles. The van der Waals surface area contributed by atoms with Crippen LogP contribution in [0.4, 0.5) is 0 Å². The van der Waals surface area contributed by atoms with Crippen LogP contribution in [-0.2, 0) is 0 Å². The van der Waals surface area contributed by atoms with E-state index in [2.05, 4.69) is 43.5 Å². The van der Waals surface area contributed by atoms with Gasteiger partial charge < -0.3 is 0 Å². The third-order valence-electron chi connectivity index (χ3n) is 0.836. The Labute approximate surface area is 76.9 Å². The zero-order chi connectivity index (χ0) is 6.85. The van der Waals surface area contributed by atoms with Gasteiger partial charge >= 0.3 is 0 Å². The second kappa shape index (κ2) is 3.01. The van der Waals surface area contributed by atoms with Crippen LogP contribution in [0.5, 0.6) is 0 Å². The van der Waals surface area contributed by atoms with Crippen molar-refractivity contribution in [2.24, 2.45) is 0 Å². The van der Waals surface area contributed by atoms with Crippen molar-refractivity contribution in [3.8, 4) is 0 Å². The third-order valence-corrected chi connectivity index (χ3v) is 2.06. The van der Waals surface area contributed by atoms with Crippen LogP contribution in [0.2, 0.25) is 0 Å². The highest BCUT2D eigenvalue weighted by Crippen LogP contribution is 2.08. The van der Waals surface area contributed by atoms with Crippen molar-refractivity contribution in [2.75, 3.05) is 0 Å². The first-order valence-electron chi connectivity index (χ1n) is 2.26. The number of aromatic nitrogens is 1. The summed E-state index contributed by atoms with van der Waals surface area (Å²) in [6, 6.07) is 1.92. The zero-order valence-electron chi connectivity index (χ0n) is 4.44. The smallest absolute Gasteiger partial charge is 0.143 e. The highest BCUT2D eigenvalue weighted by atomic mass is 127. The van der Waals surface area contributed by atoms with Crippen LogP contribution < -0.4 is 5.59 Å². The molecule has 0 amide bonds. The minimum absolute atomic E-state index is 0.537. The van der Waals surface area contributed by atoms with Crippen LogP contribution in [0, 0.1) is 3.57 Å². The highest BCUT2D eigenvalue weighted by Gasteiger charge is 1.93. The van der Waals surface area contributed by atoms with Crippen LogP contribution in [0.25, 0.3) is 0 Å². The second-order valence-corrected chi connectivity index (χ2v) is 3.62. The minimum atomic E-state index is 0.537. The SMILES string of the molecule is [B]c1ncc(I)cc1Br. The van der Waals surface area contributed by atoms with Crippen LogP contribution in [0.15, 0.2) is 16.7 Å². The van der Waals surface area contributed by atoms with Crippen molar-refractivity contribution in [3.63, 3.8) is 0 Å². The summed E-state index contributed by atoms with van der Waals surface area (Å²) in [5.41, 5.74) is 0.537. The fraction of sp³-hybridized carbons (Fsp3) is 0. The van der Waals surface area contributed by atoms with Crippen LogP contribution in [-0.4, -0.2) is 12.8 Å². The second-order valence-electron chi connectivity index (χ2n) is 1.52. The summed E-state index contributed by atoms with van der Waals surface area (Å²) in [4.78, 5) is 3.90. The number of nitrogens with zero attached hydrogens (tertiary/aromatic N) is 1. The van der Waals surface area contributed by atoms with Crippen LogP contribution in [0.1, 0.15) is 0 Å². The molecule has 9 heavy (non-hydrogen) atoms. The number of rotatable bonds is 0. The summed E-state index contributed by atoms with van der Waals surface area (Å²) in [7, 11) is 5.43. The van der Waals surface area contributed by atoms with Gasteiger partial charge in [-0.25, -0.2) is 0 Å². The first-order valence-corrected chi connectivity index (χ1v) is 4.14. The fourth-order valence-electron chi connectivity index (χ4n) is 0.425. The highest BCUT2D eigenvalue weighted by molar-refractivity contribution is 14.1. The van der Waals surface area contributed by atoms with Crippen LogP contribution >= 0.6 is 38.5 Å². The van der Waals surface area contributed by atoms with Crippen LogP contribution in [0.3, 0.4) is 0 Å². The minimum Gasteiger partial charge on any atom is -0.271 e. The largest absolute Gasteiger partial charge is 0.271 e. The Balaban J connectivity index is 3.17. The molecule has 1 heterocycles. The summed E-state index contributed by atoms with van der Waals surface area (Å²) in [5.74, 6) is 0. The summed E-state index contributed by atoms with van der Waals surface area (Å²) in [5, 5.41) is 0. The van der Waals surface area contributed by atoms with Gasteiger partial charge in [0.1, 0.15) is 7.85 Å². The van der Waals surface area contributed by atoms with Crippen molar-refractivity contribution >= 4 is 52.0 Å². The van der Waals surface area contributed by atoms with E-state index in [9.17, 15) is 0 Å². The average molecular weight is 294 g/mol. The van der Waals surface area contributed by atoms with Gasteiger partial charge in [0.05, 0.1) is 0 Å². The Morgan fingerprint density at radius 1 is 1.67 bits per heavy atom. The molecule has 0 aliphatic carbocycles. The van der Waals surface area contributed by atoms with Gasteiger partial charge in [-0.15, -0.1) is 0 Å². The lowest BCUT2D eigenvalue weighted by Gasteiger charge is -1.95. The number of halogens is 2. The molecule has 0 saturated carbocycles. The van der Waals surface area contributed by atoms with Crippen molar-refractivity contribution in [1.29, 1.82) is 0 Å². The number of hydrogen-bond donors (Lipinski definition) is 0. The monoisotopic (exact) mass is 293 g/mol. The maximum Gasteiger partial charge on any atom is 0.143 e. The molecule has 0 fully saturated rings. The lowest BCUT2D eigenvalue weighted by atomic mass is 10.0. The molecule has 1 rings (SSSR count). The van der Waals surface area contributed by atoms with E-state index in [1.54, 1.807) is 6.20 Å². The molecule has 2 radical (unpaired) electrons. The predicted molar refractivity (Wildman–Crippen MR) is 50.0 cm³/mol. The van der Waals surface area contributed by atoms with E-state index in [4.69, 9.17) is 7.85 Å². The van der Waals surface area contributed by atoms with Gasteiger partial charge in [0.15, 0.2) is 0 Å². The number of pyridine rings is 1. The molecule has 0 aliphatic rings. The van der Waals surface area contributed by atoms with E-state index < -0.39 is 0 Å². The van der Waals surface area contributed by atoms with E-state index >= 15 is 0 Å². The maximum absolute atomic E-state index is 5.43. The van der Waals surface area contributed by atoms with Gasteiger partial charge in [0, 0.05) is 19.8 Å². The van der Waals surface area contributed by atoms with Crippen molar-refractivity contribution in [3.05, 3.63) is 20.3 Å². The third kappa shape index (κ3) is 1.93. The normalized spacial score (nSPS) is 9.56. The van der Waals surface area contributed by atoms with Gasteiger partial charge in [-0.1, -0.05) is 0 Å². The van der Waals surface area contributed by atoms with E-state index in [1.807, 2.05) is 6.07 Å². The molecule has 0 bridgehead atoms. The Kier molecular flexibility index (Phi) is 2.52. The predicted octanol–water partition coefficient (Wildman–Crippen LogP) is 1.24. The summed E-state index contributed by atoms with van der Waals surface area (Å²) in [6.07, 6.45) is 1.72. The Hall–Kier alpha value is 0.425. The molecule has 0 spiro atoms. The Bertz CT molecular complexity index is 228. The molecule has 1 aromatic rings. The van der Waals surface area contributed by atoms with Gasteiger partial charge in [0.2, 0.25) is 0 Å². The van der Waals surface area contributed by atoms with Gasteiger partial charge in [-0.2, -0.15) is 0 Å². The quantitative estimate of drug-likeness (QED) is 0.518. The fourth-order valence-corrected chi connectivity index (χ4v) is 1.65. The Morgan fingerprint density at radius 2 is 2.33 bits per heavy atom. The summed E-state index contributed by atoms with van der Waals surface area (Å²) in [6.45, 7) is 0. The molecule has 0 aromatic carbocycles. The van der Waals surface area contributed by atoms with Gasteiger partial charge in [-0.05, 0) is 44.6 Å². The van der Waals surface area contributed by atoms with E-state index in [1.165, 1.54) is 0 Å². The van der Waals surface area contributed by atoms with Crippen molar-refractivity contribution in [1.82, 2.24) is 4.98 Å². The first-order chi connectivity index (χ1) is 4.20.